The Morgan fingerprint density at radius 3 is 2.86 bits per heavy atom. The number of piperidine rings is 1. The van der Waals surface area contributed by atoms with E-state index in [4.69, 9.17) is 10.5 Å². The van der Waals surface area contributed by atoms with Gasteiger partial charge >= 0.3 is 0 Å². The van der Waals surface area contributed by atoms with Crippen molar-refractivity contribution in [3.63, 3.8) is 0 Å². The molecule has 1 fully saturated rings. The number of hydrogen-bond acceptors (Lipinski definition) is 3. The Hall–Kier alpha value is -1.62. The second-order valence-electron chi connectivity index (χ2n) is 6.58. The maximum absolute atomic E-state index is 13.4. The Kier molecular flexibility index (Phi) is 5.40. The van der Waals surface area contributed by atoms with Gasteiger partial charge in [0.15, 0.2) is 11.6 Å². The molecule has 1 unspecified atom stereocenters. The minimum atomic E-state index is -0.374. The van der Waals surface area contributed by atoms with Crippen LogP contribution in [0.5, 0.6) is 5.75 Å². The number of likely N-dealkylation sites (tertiary alicyclic amines) is 1. The predicted molar refractivity (Wildman–Crippen MR) is 84.1 cm³/mol. The SMILES string of the molecule is CC1(C)CN(C(=O)CCCOc2ccccc2F)CCC1N. The molecular weight excluding hydrogens is 283 g/mol. The van der Waals surface area contributed by atoms with Gasteiger partial charge < -0.3 is 15.4 Å². The molecule has 0 spiro atoms. The molecule has 0 saturated carbocycles. The molecule has 1 aliphatic rings. The van der Waals surface area contributed by atoms with Gasteiger partial charge in [0.25, 0.3) is 0 Å². The molecule has 5 heteroatoms. The highest BCUT2D eigenvalue weighted by Gasteiger charge is 2.34. The minimum Gasteiger partial charge on any atom is -0.491 e. The van der Waals surface area contributed by atoms with Gasteiger partial charge in [-0.3, -0.25) is 4.79 Å². The van der Waals surface area contributed by atoms with Crippen molar-refractivity contribution in [3.8, 4) is 5.75 Å². The van der Waals surface area contributed by atoms with Crippen molar-refractivity contribution in [2.45, 2.75) is 39.2 Å². The summed E-state index contributed by atoms with van der Waals surface area (Å²) < 4.78 is 18.7. The third kappa shape index (κ3) is 4.19. The molecule has 4 nitrogen and oxygen atoms in total. The average Bonchev–Trinajstić information content (AvgIpc) is 2.48. The van der Waals surface area contributed by atoms with Gasteiger partial charge in [-0.25, -0.2) is 4.39 Å². The van der Waals surface area contributed by atoms with Crippen LogP contribution in [0.25, 0.3) is 0 Å². The first-order valence-corrected chi connectivity index (χ1v) is 7.81. The Bertz CT molecular complexity index is 519. The first-order chi connectivity index (χ1) is 10.4. The molecule has 2 N–H and O–H groups in total. The lowest BCUT2D eigenvalue weighted by atomic mass is 9.79. The number of halogens is 1. The highest BCUT2D eigenvalue weighted by atomic mass is 19.1. The summed E-state index contributed by atoms with van der Waals surface area (Å²) in [6.45, 7) is 5.94. The summed E-state index contributed by atoms with van der Waals surface area (Å²) in [5.74, 6) is -0.0160. The van der Waals surface area contributed by atoms with Crippen LogP contribution < -0.4 is 10.5 Å². The smallest absolute Gasteiger partial charge is 0.222 e. The molecule has 1 aromatic carbocycles. The van der Waals surface area contributed by atoms with Crippen LogP contribution >= 0.6 is 0 Å². The van der Waals surface area contributed by atoms with Gasteiger partial charge in [0.1, 0.15) is 0 Å². The van der Waals surface area contributed by atoms with Gasteiger partial charge in [0.2, 0.25) is 5.91 Å². The van der Waals surface area contributed by atoms with Crippen molar-refractivity contribution in [3.05, 3.63) is 30.1 Å². The van der Waals surface area contributed by atoms with E-state index in [1.807, 2.05) is 4.90 Å². The molecule has 0 radical (unpaired) electrons. The predicted octanol–water partition coefficient (Wildman–Crippen LogP) is 2.57. The number of rotatable bonds is 5. The standard InChI is InChI=1S/C17H25FN2O2/c1-17(2)12-20(10-9-15(17)19)16(21)8-5-11-22-14-7-4-3-6-13(14)18/h3-4,6-7,15H,5,8-12,19H2,1-2H3. The van der Waals surface area contributed by atoms with E-state index in [9.17, 15) is 9.18 Å². The van der Waals surface area contributed by atoms with Gasteiger partial charge in [-0.2, -0.15) is 0 Å². The number of carbonyl (C=O) groups is 1. The van der Waals surface area contributed by atoms with Crippen molar-refractivity contribution < 1.29 is 13.9 Å². The first kappa shape index (κ1) is 16.7. The lowest BCUT2D eigenvalue weighted by Gasteiger charge is -2.42. The minimum absolute atomic E-state index is 0.0441. The zero-order chi connectivity index (χ0) is 16.2. The Morgan fingerprint density at radius 2 is 2.18 bits per heavy atom. The van der Waals surface area contributed by atoms with E-state index >= 15 is 0 Å². The zero-order valence-electron chi connectivity index (χ0n) is 13.3. The molecule has 0 aromatic heterocycles. The van der Waals surface area contributed by atoms with Gasteiger partial charge in [-0.05, 0) is 30.4 Å². The van der Waals surface area contributed by atoms with Crippen LogP contribution in [0.4, 0.5) is 4.39 Å². The van der Waals surface area contributed by atoms with Crippen molar-refractivity contribution in [2.24, 2.45) is 11.1 Å². The van der Waals surface area contributed by atoms with Gasteiger partial charge in [0.05, 0.1) is 6.61 Å². The van der Waals surface area contributed by atoms with Crippen molar-refractivity contribution in [1.82, 2.24) is 4.90 Å². The topological polar surface area (TPSA) is 55.6 Å². The lowest BCUT2D eigenvalue weighted by molar-refractivity contribution is -0.134. The fraction of sp³-hybridized carbons (Fsp3) is 0.588. The second-order valence-corrected chi connectivity index (χ2v) is 6.58. The van der Waals surface area contributed by atoms with E-state index in [1.54, 1.807) is 18.2 Å². The molecular formula is C17H25FN2O2. The second kappa shape index (κ2) is 7.09. The van der Waals surface area contributed by atoms with Crippen molar-refractivity contribution in [1.29, 1.82) is 0 Å². The fourth-order valence-corrected chi connectivity index (χ4v) is 2.71. The number of amides is 1. The highest BCUT2D eigenvalue weighted by molar-refractivity contribution is 5.76. The van der Waals surface area contributed by atoms with Crippen LogP contribution in [0.15, 0.2) is 24.3 Å². The number of ether oxygens (including phenoxy) is 1. The summed E-state index contributed by atoms with van der Waals surface area (Å²) in [6, 6.07) is 6.43. The van der Waals surface area contributed by atoms with E-state index in [1.165, 1.54) is 6.07 Å². The number of nitrogens with zero attached hydrogens (tertiary/aromatic N) is 1. The van der Waals surface area contributed by atoms with Gasteiger partial charge in [0, 0.05) is 25.6 Å². The molecule has 0 aliphatic carbocycles. The molecule has 2 rings (SSSR count). The zero-order valence-corrected chi connectivity index (χ0v) is 13.3. The third-order valence-corrected chi connectivity index (χ3v) is 4.29. The first-order valence-electron chi connectivity index (χ1n) is 7.81. The van der Waals surface area contributed by atoms with E-state index in [0.29, 0.717) is 26.0 Å². The summed E-state index contributed by atoms with van der Waals surface area (Å²) in [6.07, 6.45) is 1.83. The lowest BCUT2D eigenvalue weighted by Crippen LogP contribution is -2.54. The van der Waals surface area contributed by atoms with E-state index in [0.717, 1.165) is 13.0 Å². The van der Waals surface area contributed by atoms with Crippen LogP contribution in [0.3, 0.4) is 0 Å². The van der Waals surface area contributed by atoms with Crippen LogP contribution in [0.1, 0.15) is 33.1 Å². The van der Waals surface area contributed by atoms with Crippen LogP contribution in [-0.4, -0.2) is 36.5 Å². The van der Waals surface area contributed by atoms with Crippen LogP contribution in [-0.2, 0) is 4.79 Å². The molecule has 1 aliphatic heterocycles. The summed E-state index contributed by atoms with van der Waals surface area (Å²) in [4.78, 5) is 14.1. The number of para-hydroxylation sites is 1. The van der Waals surface area contributed by atoms with E-state index < -0.39 is 0 Å². The normalized spacial score (nSPS) is 20.7. The number of hydrogen-bond donors (Lipinski definition) is 1. The number of nitrogens with two attached hydrogens (primary N) is 1. The summed E-state index contributed by atoms with van der Waals surface area (Å²) in [5.41, 5.74) is 6.04. The molecule has 1 amide bonds. The van der Waals surface area contributed by atoms with Gasteiger partial charge in [-0.1, -0.05) is 26.0 Å². The molecule has 122 valence electrons. The van der Waals surface area contributed by atoms with Crippen molar-refractivity contribution >= 4 is 5.91 Å². The Morgan fingerprint density at radius 1 is 1.45 bits per heavy atom. The fourth-order valence-electron chi connectivity index (χ4n) is 2.71. The monoisotopic (exact) mass is 308 g/mol. The molecule has 1 aromatic rings. The summed E-state index contributed by atoms with van der Waals surface area (Å²) in [7, 11) is 0. The third-order valence-electron chi connectivity index (χ3n) is 4.29. The molecule has 1 atom stereocenters. The Labute approximate surface area is 131 Å². The van der Waals surface area contributed by atoms with Gasteiger partial charge in [-0.15, -0.1) is 0 Å². The van der Waals surface area contributed by atoms with E-state index in [2.05, 4.69) is 13.8 Å². The number of benzene rings is 1. The van der Waals surface area contributed by atoms with Crippen LogP contribution in [0.2, 0.25) is 0 Å². The summed E-state index contributed by atoms with van der Waals surface area (Å²) >= 11 is 0. The maximum atomic E-state index is 13.4. The summed E-state index contributed by atoms with van der Waals surface area (Å²) in [5, 5.41) is 0. The Balaban J connectivity index is 1.73. The number of carbonyl (C=O) groups excluding carboxylic acids is 1. The quantitative estimate of drug-likeness (QED) is 0.851. The van der Waals surface area contributed by atoms with E-state index in [-0.39, 0.29) is 28.9 Å². The molecule has 1 saturated heterocycles. The van der Waals surface area contributed by atoms with Crippen LogP contribution in [0, 0.1) is 11.2 Å². The highest BCUT2D eigenvalue weighted by Crippen LogP contribution is 2.28. The molecule has 1 heterocycles. The molecule has 0 bridgehead atoms. The molecule has 22 heavy (non-hydrogen) atoms. The van der Waals surface area contributed by atoms with Crippen molar-refractivity contribution in [2.75, 3.05) is 19.7 Å². The maximum Gasteiger partial charge on any atom is 0.222 e. The largest absolute Gasteiger partial charge is 0.491 e. The average molecular weight is 308 g/mol.